The van der Waals surface area contributed by atoms with E-state index in [0.29, 0.717) is 12.8 Å². The fraction of sp³-hybridized carbons (Fsp3) is 0.917. The van der Waals surface area contributed by atoms with Crippen molar-refractivity contribution in [3.8, 4) is 0 Å². The van der Waals surface area contributed by atoms with Crippen LogP contribution in [-0.2, 0) is 19.1 Å². The average molecular weight is 399 g/mol. The Morgan fingerprint density at radius 1 is 0.464 bits per heavy atom. The van der Waals surface area contributed by atoms with Crippen LogP contribution >= 0.6 is 0 Å². The molecule has 4 heteroatoms. The van der Waals surface area contributed by atoms with E-state index in [4.69, 9.17) is 9.47 Å². The van der Waals surface area contributed by atoms with Gasteiger partial charge in [0, 0.05) is 12.8 Å². The number of unbranched alkanes of at least 4 members (excludes halogenated alkanes) is 14. The van der Waals surface area contributed by atoms with Crippen LogP contribution in [0.15, 0.2) is 0 Å². The highest BCUT2D eigenvalue weighted by molar-refractivity contribution is 5.70. The van der Waals surface area contributed by atoms with Crippen molar-refractivity contribution in [2.75, 3.05) is 13.2 Å². The maximum atomic E-state index is 11.7. The van der Waals surface area contributed by atoms with E-state index < -0.39 is 0 Å². The van der Waals surface area contributed by atoms with Crippen molar-refractivity contribution in [3.05, 3.63) is 0 Å². The summed E-state index contributed by atoms with van der Waals surface area (Å²) in [5.74, 6) is -0.352. The molecule has 28 heavy (non-hydrogen) atoms. The van der Waals surface area contributed by atoms with E-state index in [0.717, 1.165) is 25.7 Å². The van der Waals surface area contributed by atoms with Crippen molar-refractivity contribution >= 4 is 11.9 Å². The van der Waals surface area contributed by atoms with E-state index >= 15 is 0 Å². The zero-order valence-electron chi connectivity index (χ0n) is 18.8. The van der Waals surface area contributed by atoms with E-state index in [-0.39, 0.29) is 25.2 Å². The minimum absolute atomic E-state index is 0.175. The third kappa shape index (κ3) is 21.2. The Balaban J connectivity index is 3.30. The highest BCUT2D eigenvalue weighted by atomic mass is 16.6. The Morgan fingerprint density at radius 2 is 0.750 bits per heavy atom. The predicted molar refractivity (Wildman–Crippen MR) is 116 cm³/mol. The highest BCUT2D eigenvalue weighted by Crippen LogP contribution is 2.11. The number of hydrogen-bond acceptors (Lipinski definition) is 4. The molecule has 0 heterocycles. The van der Waals surface area contributed by atoms with Crippen LogP contribution in [0.4, 0.5) is 0 Å². The van der Waals surface area contributed by atoms with Gasteiger partial charge in [-0.25, -0.2) is 0 Å². The van der Waals surface area contributed by atoms with Gasteiger partial charge in [-0.05, 0) is 12.8 Å². The number of esters is 2. The second-order valence-electron chi connectivity index (χ2n) is 7.89. The number of hydrogen-bond donors (Lipinski definition) is 0. The van der Waals surface area contributed by atoms with Crippen LogP contribution in [0.25, 0.3) is 0 Å². The molecule has 0 aromatic carbocycles. The lowest BCUT2D eigenvalue weighted by atomic mass is 10.1. The molecule has 0 bridgehead atoms. The third-order valence-corrected chi connectivity index (χ3v) is 5.08. The second-order valence-corrected chi connectivity index (χ2v) is 7.89. The van der Waals surface area contributed by atoms with Gasteiger partial charge in [0.25, 0.3) is 0 Å². The van der Waals surface area contributed by atoms with Crippen molar-refractivity contribution in [2.45, 2.75) is 129 Å². The van der Waals surface area contributed by atoms with E-state index in [1.807, 2.05) is 0 Å². The molecule has 0 rings (SSSR count). The summed E-state index contributed by atoms with van der Waals surface area (Å²) in [5.41, 5.74) is 0. The molecule has 0 spiro atoms. The summed E-state index contributed by atoms with van der Waals surface area (Å²) in [4.78, 5) is 23.3. The molecule has 0 aliphatic heterocycles. The number of ether oxygens (including phenoxy) is 2. The van der Waals surface area contributed by atoms with Crippen LogP contribution in [0.3, 0.4) is 0 Å². The van der Waals surface area contributed by atoms with E-state index in [1.165, 1.54) is 77.0 Å². The molecular formula is C24H46O4. The summed E-state index contributed by atoms with van der Waals surface area (Å²) in [6, 6.07) is 0. The highest BCUT2D eigenvalue weighted by Gasteiger charge is 2.05. The van der Waals surface area contributed by atoms with Gasteiger partial charge in [-0.2, -0.15) is 0 Å². The van der Waals surface area contributed by atoms with Gasteiger partial charge in [0.1, 0.15) is 13.2 Å². The van der Waals surface area contributed by atoms with Crippen molar-refractivity contribution in [1.29, 1.82) is 0 Å². The molecule has 0 atom stereocenters. The van der Waals surface area contributed by atoms with Gasteiger partial charge >= 0.3 is 11.9 Å². The maximum Gasteiger partial charge on any atom is 0.305 e. The van der Waals surface area contributed by atoms with Gasteiger partial charge in [0.2, 0.25) is 0 Å². The molecule has 0 aromatic rings. The molecule has 0 aromatic heterocycles. The van der Waals surface area contributed by atoms with Crippen molar-refractivity contribution < 1.29 is 19.1 Å². The first-order valence-electron chi connectivity index (χ1n) is 12.0. The normalized spacial score (nSPS) is 10.8. The van der Waals surface area contributed by atoms with Crippen LogP contribution in [0, 0.1) is 0 Å². The van der Waals surface area contributed by atoms with Crippen LogP contribution in [0.5, 0.6) is 0 Å². The molecule has 0 saturated carbocycles. The minimum Gasteiger partial charge on any atom is -0.462 e. The summed E-state index contributed by atoms with van der Waals surface area (Å²) < 4.78 is 10.2. The Hall–Kier alpha value is -1.06. The van der Waals surface area contributed by atoms with Gasteiger partial charge in [0.15, 0.2) is 0 Å². The molecule has 0 amide bonds. The smallest absolute Gasteiger partial charge is 0.305 e. The Labute approximate surface area is 174 Å². The number of rotatable bonds is 21. The zero-order valence-corrected chi connectivity index (χ0v) is 18.8. The SMILES string of the molecule is CCCCCCCCCCCC(=O)OCCOC(=O)CCCCCCCCC. The average Bonchev–Trinajstić information content (AvgIpc) is 2.69. The minimum atomic E-state index is -0.177. The van der Waals surface area contributed by atoms with Crippen molar-refractivity contribution in [3.63, 3.8) is 0 Å². The molecule has 0 aliphatic carbocycles. The fourth-order valence-electron chi connectivity index (χ4n) is 3.26. The first kappa shape index (κ1) is 26.9. The largest absolute Gasteiger partial charge is 0.462 e. The van der Waals surface area contributed by atoms with Crippen LogP contribution < -0.4 is 0 Å². The molecule has 0 saturated heterocycles. The van der Waals surface area contributed by atoms with Crippen molar-refractivity contribution in [1.82, 2.24) is 0 Å². The molecule has 4 nitrogen and oxygen atoms in total. The Morgan fingerprint density at radius 3 is 1.07 bits per heavy atom. The summed E-state index contributed by atoms with van der Waals surface area (Å²) in [7, 11) is 0. The molecule has 0 radical (unpaired) electrons. The van der Waals surface area contributed by atoms with Crippen molar-refractivity contribution in [2.24, 2.45) is 0 Å². The number of carbonyl (C=O) groups is 2. The summed E-state index contributed by atoms with van der Waals surface area (Å²) in [6.45, 7) is 4.81. The van der Waals surface area contributed by atoms with E-state index in [2.05, 4.69) is 13.8 Å². The lowest BCUT2D eigenvalue weighted by Gasteiger charge is -2.07. The van der Waals surface area contributed by atoms with Gasteiger partial charge in [-0.1, -0.05) is 104 Å². The molecule has 0 aliphatic rings. The standard InChI is InChI=1S/C24H46O4/c1-3-5-7-9-11-12-14-16-18-20-24(26)28-22-21-27-23(25)19-17-15-13-10-8-6-4-2/h3-22H2,1-2H3. The lowest BCUT2D eigenvalue weighted by molar-refractivity contribution is -0.152. The van der Waals surface area contributed by atoms with Gasteiger partial charge in [-0.3, -0.25) is 9.59 Å². The van der Waals surface area contributed by atoms with Crippen LogP contribution in [0.1, 0.15) is 129 Å². The fourth-order valence-corrected chi connectivity index (χ4v) is 3.26. The third-order valence-electron chi connectivity index (χ3n) is 5.08. The predicted octanol–water partition coefficient (Wildman–Crippen LogP) is 7.13. The Kier molecular flexibility index (Phi) is 21.4. The maximum absolute atomic E-state index is 11.7. The second kappa shape index (κ2) is 22.2. The van der Waals surface area contributed by atoms with Crippen LogP contribution in [-0.4, -0.2) is 25.2 Å². The van der Waals surface area contributed by atoms with Gasteiger partial charge < -0.3 is 9.47 Å². The quantitative estimate of drug-likeness (QED) is 0.152. The first-order valence-corrected chi connectivity index (χ1v) is 12.0. The monoisotopic (exact) mass is 398 g/mol. The summed E-state index contributed by atoms with van der Waals surface area (Å²) in [5, 5.41) is 0. The molecule has 166 valence electrons. The number of carbonyl (C=O) groups excluding carboxylic acids is 2. The van der Waals surface area contributed by atoms with Crippen LogP contribution in [0.2, 0.25) is 0 Å². The summed E-state index contributed by atoms with van der Waals surface area (Å²) in [6.07, 6.45) is 20.4. The summed E-state index contributed by atoms with van der Waals surface area (Å²) >= 11 is 0. The van der Waals surface area contributed by atoms with Gasteiger partial charge in [-0.15, -0.1) is 0 Å². The molecular weight excluding hydrogens is 352 g/mol. The van der Waals surface area contributed by atoms with E-state index in [1.54, 1.807) is 0 Å². The molecule has 0 N–H and O–H groups in total. The topological polar surface area (TPSA) is 52.6 Å². The molecule has 0 unspecified atom stereocenters. The van der Waals surface area contributed by atoms with Gasteiger partial charge in [0.05, 0.1) is 0 Å². The Bertz CT molecular complexity index is 355. The molecule has 0 fully saturated rings. The van der Waals surface area contributed by atoms with E-state index in [9.17, 15) is 9.59 Å². The first-order chi connectivity index (χ1) is 13.7. The lowest BCUT2D eigenvalue weighted by Crippen LogP contribution is -2.13. The zero-order chi connectivity index (χ0) is 20.7.